The van der Waals surface area contributed by atoms with E-state index in [2.05, 4.69) is 0 Å². The molecule has 0 unspecified atom stereocenters. The number of aliphatic hydroxyl groups is 3. The van der Waals surface area contributed by atoms with Crippen molar-refractivity contribution in [1.29, 1.82) is 0 Å². The maximum Gasteiger partial charge on any atom is 0.195 e. The average Bonchev–Trinajstić information content (AvgIpc) is 2.74. The highest BCUT2D eigenvalue weighted by Gasteiger charge is 2.45. The number of aromatic hydroxyl groups is 3. The van der Waals surface area contributed by atoms with Gasteiger partial charge in [0.15, 0.2) is 22.7 Å². The number of ketones is 1. The molecule has 1 aliphatic heterocycles. The van der Waals surface area contributed by atoms with E-state index in [1.165, 1.54) is 12.1 Å². The number of carbonyl (C=O) groups excluding carboxylic acids is 1. The highest BCUT2D eigenvalue weighted by molar-refractivity contribution is 5.91. The Bertz CT molecular complexity index is 1280. The van der Waals surface area contributed by atoms with E-state index in [1.807, 2.05) is 0 Å². The smallest absolute Gasteiger partial charge is 0.195 e. The number of phenolic OH excluding ortho intramolecular Hbond substituents is 3. The molecule has 1 aromatic heterocycles. The topological polar surface area (TPSA) is 201 Å². The number of fused-ring (bicyclic) bond motifs is 1. The van der Waals surface area contributed by atoms with Gasteiger partial charge in [0.05, 0.1) is 12.0 Å². The Morgan fingerprint density at radius 2 is 1.66 bits per heavy atom. The Morgan fingerprint density at radius 1 is 0.938 bits per heavy atom. The molecule has 11 nitrogen and oxygen atoms in total. The number of hydrogen-bond acceptors (Lipinski definition) is 11. The van der Waals surface area contributed by atoms with E-state index in [0.717, 1.165) is 18.2 Å². The van der Waals surface area contributed by atoms with Crippen LogP contribution < -0.4 is 10.5 Å². The zero-order chi connectivity index (χ0) is 23.3. The number of aliphatic hydroxyl groups excluding tert-OH is 3. The number of Topliss-reactive ketones (excluding diaryl/α,β-unsaturated/α-hetero) is 1. The SMILES string of the molecule is O=C1[C@@H](O)[C@H](c2c(O)cc3oc(-c4ccc(O)c(O)c4)cc(=O)c3c2[O-])O[C@H](CO)[C@H]1O. The van der Waals surface area contributed by atoms with Gasteiger partial charge < -0.3 is 44.9 Å². The summed E-state index contributed by atoms with van der Waals surface area (Å²) in [7, 11) is 0. The third kappa shape index (κ3) is 3.33. The molecule has 0 aliphatic carbocycles. The first-order valence-electron chi connectivity index (χ1n) is 9.33. The molecule has 4 rings (SSSR count). The summed E-state index contributed by atoms with van der Waals surface area (Å²) in [6, 6.07) is 5.53. The van der Waals surface area contributed by atoms with Crippen LogP contribution in [0, 0.1) is 0 Å². The van der Waals surface area contributed by atoms with Gasteiger partial charge in [-0.3, -0.25) is 9.59 Å². The van der Waals surface area contributed by atoms with Crippen LogP contribution in [0.4, 0.5) is 0 Å². The molecule has 0 saturated carbocycles. The molecule has 3 aromatic rings. The fourth-order valence-corrected chi connectivity index (χ4v) is 3.60. The molecular weight excluding hydrogens is 428 g/mol. The van der Waals surface area contributed by atoms with Gasteiger partial charge >= 0.3 is 0 Å². The fourth-order valence-electron chi connectivity index (χ4n) is 3.60. The number of ether oxygens (including phenoxy) is 1. The van der Waals surface area contributed by atoms with Crippen LogP contribution in [0.1, 0.15) is 11.7 Å². The summed E-state index contributed by atoms with van der Waals surface area (Å²) in [6.07, 6.45) is -7.06. The summed E-state index contributed by atoms with van der Waals surface area (Å²) in [5, 5.41) is 71.3. The second-order valence-electron chi connectivity index (χ2n) is 7.26. The summed E-state index contributed by atoms with van der Waals surface area (Å²) in [5.41, 5.74) is -1.55. The molecule has 0 amide bonds. The zero-order valence-corrected chi connectivity index (χ0v) is 16.1. The van der Waals surface area contributed by atoms with E-state index >= 15 is 0 Å². The van der Waals surface area contributed by atoms with Gasteiger partial charge in [-0.1, -0.05) is 5.75 Å². The van der Waals surface area contributed by atoms with Gasteiger partial charge in [-0.25, -0.2) is 0 Å². The van der Waals surface area contributed by atoms with E-state index in [-0.39, 0.29) is 16.9 Å². The lowest BCUT2D eigenvalue weighted by Crippen LogP contribution is -2.52. The highest BCUT2D eigenvalue weighted by atomic mass is 16.5. The van der Waals surface area contributed by atoms with E-state index < -0.39 is 76.2 Å². The molecule has 2 aromatic carbocycles. The van der Waals surface area contributed by atoms with Crippen LogP contribution in [-0.2, 0) is 9.53 Å². The standard InChI is InChI=1S/C21H18O11/c22-6-14-17(27)19(29)20(30)21(32-14)16-11(26)5-13-15(18(16)28)10(25)4-12(31-13)7-1-2-8(23)9(24)3-7/h1-5,14,17,20-24,26-28,30H,6H2/p-1/t14-,17-,20-,21+/m1/s1. The van der Waals surface area contributed by atoms with E-state index in [1.54, 1.807) is 0 Å². The number of hydrogen-bond donors (Lipinski definition) is 6. The number of rotatable bonds is 3. The lowest BCUT2D eigenvalue weighted by Gasteiger charge is -2.37. The second-order valence-corrected chi connectivity index (χ2v) is 7.26. The lowest BCUT2D eigenvalue weighted by molar-refractivity contribution is -0.270. The largest absolute Gasteiger partial charge is 0.872 e. The molecule has 6 N–H and O–H groups in total. The molecule has 0 bridgehead atoms. The fraction of sp³-hybridized carbons (Fsp3) is 0.238. The Hall–Kier alpha value is -3.64. The van der Waals surface area contributed by atoms with Gasteiger partial charge in [-0.05, 0) is 18.2 Å². The molecule has 11 heteroatoms. The molecule has 2 heterocycles. The first kappa shape index (κ1) is 21.6. The molecule has 168 valence electrons. The molecule has 4 atom stereocenters. The number of phenols is 3. The van der Waals surface area contributed by atoms with Crippen LogP contribution in [0.3, 0.4) is 0 Å². The predicted molar refractivity (Wildman–Crippen MR) is 104 cm³/mol. The van der Waals surface area contributed by atoms with Crippen molar-refractivity contribution in [1.82, 2.24) is 0 Å². The van der Waals surface area contributed by atoms with E-state index in [4.69, 9.17) is 9.15 Å². The highest BCUT2D eigenvalue weighted by Crippen LogP contribution is 2.43. The average molecular weight is 445 g/mol. The van der Waals surface area contributed by atoms with E-state index in [0.29, 0.717) is 0 Å². The van der Waals surface area contributed by atoms with Crippen molar-refractivity contribution >= 4 is 16.8 Å². The maximum absolute atomic E-state index is 13.0. The van der Waals surface area contributed by atoms with Crippen molar-refractivity contribution in [2.45, 2.75) is 24.4 Å². The minimum absolute atomic E-state index is 0.0723. The van der Waals surface area contributed by atoms with Crippen molar-refractivity contribution in [3.8, 4) is 34.3 Å². The molecule has 0 radical (unpaired) electrons. The number of benzene rings is 2. The first-order valence-corrected chi connectivity index (χ1v) is 9.33. The summed E-state index contributed by atoms with van der Waals surface area (Å²) in [4.78, 5) is 24.8. The zero-order valence-electron chi connectivity index (χ0n) is 16.1. The van der Waals surface area contributed by atoms with Crippen LogP contribution >= 0.6 is 0 Å². The van der Waals surface area contributed by atoms with Crippen molar-refractivity contribution in [2.24, 2.45) is 0 Å². The van der Waals surface area contributed by atoms with Gasteiger partial charge in [-0.15, -0.1) is 0 Å². The van der Waals surface area contributed by atoms with Gasteiger partial charge in [0.1, 0.15) is 41.5 Å². The molecule has 32 heavy (non-hydrogen) atoms. The quantitative estimate of drug-likeness (QED) is 0.280. The van der Waals surface area contributed by atoms with Crippen LogP contribution in [0.5, 0.6) is 23.0 Å². The Balaban J connectivity index is 1.87. The van der Waals surface area contributed by atoms with Gasteiger partial charge in [-0.2, -0.15) is 0 Å². The van der Waals surface area contributed by atoms with Crippen molar-refractivity contribution in [3.63, 3.8) is 0 Å². The first-order chi connectivity index (χ1) is 15.1. The molecular formula is C21H17O11-. The van der Waals surface area contributed by atoms with Crippen LogP contribution in [0.2, 0.25) is 0 Å². The molecule has 1 saturated heterocycles. The third-order valence-corrected chi connectivity index (χ3v) is 5.26. The predicted octanol–water partition coefficient (Wildman–Crippen LogP) is -0.627. The van der Waals surface area contributed by atoms with Gasteiger partial charge in [0.2, 0.25) is 0 Å². The number of carbonyl (C=O) groups is 1. The monoisotopic (exact) mass is 445 g/mol. The van der Waals surface area contributed by atoms with Gasteiger partial charge in [0, 0.05) is 23.3 Å². The van der Waals surface area contributed by atoms with Crippen molar-refractivity contribution < 1.29 is 49.7 Å². The third-order valence-electron chi connectivity index (χ3n) is 5.26. The Kier molecular flexibility index (Phi) is 5.26. The van der Waals surface area contributed by atoms with Crippen molar-refractivity contribution in [2.75, 3.05) is 6.61 Å². The lowest BCUT2D eigenvalue weighted by atomic mass is 9.91. The maximum atomic E-state index is 13.0. The van der Waals surface area contributed by atoms with Crippen molar-refractivity contribution in [3.05, 3.63) is 46.1 Å². The van der Waals surface area contributed by atoms with E-state index in [9.17, 15) is 45.3 Å². The Labute approximate surface area is 178 Å². The molecule has 1 aliphatic rings. The Morgan fingerprint density at radius 3 is 2.31 bits per heavy atom. The normalized spacial score (nSPS) is 23.5. The molecule has 0 spiro atoms. The summed E-state index contributed by atoms with van der Waals surface area (Å²) < 4.78 is 10.8. The summed E-state index contributed by atoms with van der Waals surface area (Å²) >= 11 is 0. The minimum atomic E-state index is -2.03. The van der Waals surface area contributed by atoms with Crippen LogP contribution in [0.15, 0.2) is 39.5 Å². The molecule has 1 fully saturated rings. The van der Waals surface area contributed by atoms with Crippen LogP contribution in [-0.4, -0.2) is 61.3 Å². The van der Waals surface area contributed by atoms with Gasteiger partial charge in [0.25, 0.3) is 0 Å². The summed E-state index contributed by atoms with van der Waals surface area (Å²) in [5.74, 6) is -3.87. The second kappa shape index (κ2) is 7.80. The summed E-state index contributed by atoms with van der Waals surface area (Å²) in [6.45, 7) is -0.802. The van der Waals surface area contributed by atoms with Crippen LogP contribution in [0.25, 0.3) is 22.3 Å². The minimum Gasteiger partial charge on any atom is -0.872 e.